The summed E-state index contributed by atoms with van der Waals surface area (Å²) in [4.78, 5) is 32.7. The summed E-state index contributed by atoms with van der Waals surface area (Å²) in [6.07, 6.45) is 0. The van der Waals surface area contributed by atoms with E-state index in [-0.39, 0.29) is 19.1 Å². The molecule has 3 N–H and O–H groups in total. The first-order chi connectivity index (χ1) is 14.2. The number of aliphatic hydroxyl groups is 1. The van der Waals surface area contributed by atoms with E-state index in [0.29, 0.717) is 35.8 Å². The highest BCUT2D eigenvalue weighted by molar-refractivity contribution is 6.10. The Hall–Kier alpha value is -3.04. The van der Waals surface area contributed by atoms with Crippen LogP contribution in [-0.2, 0) is 27.5 Å². The number of anilines is 1. The van der Waals surface area contributed by atoms with Gasteiger partial charge in [0.05, 0.1) is 29.7 Å². The van der Waals surface area contributed by atoms with Crippen molar-refractivity contribution in [3.05, 3.63) is 30.1 Å². The van der Waals surface area contributed by atoms with Crippen molar-refractivity contribution in [2.75, 3.05) is 18.5 Å². The van der Waals surface area contributed by atoms with Gasteiger partial charge in [-0.25, -0.2) is 9.97 Å². The van der Waals surface area contributed by atoms with Gasteiger partial charge in [-0.15, -0.1) is 0 Å². The molecule has 160 valence electrons. The Balaban J connectivity index is 2.18. The minimum Gasteiger partial charge on any atom is -0.389 e. The number of hydrogen-bond acceptors (Lipinski definition) is 6. The highest BCUT2D eigenvalue weighted by Gasteiger charge is 2.23. The molecule has 0 saturated carbocycles. The van der Waals surface area contributed by atoms with Crippen LogP contribution in [-0.4, -0.2) is 50.2 Å². The van der Waals surface area contributed by atoms with Gasteiger partial charge in [0.1, 0.15) is 17.9 Å². The molecule has 0 spiro atoms. The van der Waals surface area contributed by atoms with Gasteiger partial charge in [-0.2, -0.15) is 0 Å². The quantitative estimate of drug-likeness (QED) is 0.520. The third kappa shape index (κ3) is 4.92. The monoisotopic (exact) mass is 413 g/mol. The van der Waals surface area contributed by atoms with Crippen LogP contribution < -0.4 is 10.6 Å². The van der Waals surface area contributed by atoms with Gasteiger partial charge in [-0.1, -0.05) is 18.2 Å². The number of carbonyl (C=O) groups excluding carboxylic acids is 2. The fourth-order valence-corrected chi connectivity index (χ4v) is 3.21. The molecule has 30 heavy (non-hydrogen) atoms. The number of aromatic nitrogens is 3. The third-order valence-corrected chi connectivity index (χ3v) is 4.40. The van der Waals surface area contributed by atoms with Crippen LogP contribution in [0.3, 0.4) is 0 Å². The van der Waals surface area contributed by atoms with Crippen molar-refractivity contribution in [1.29, 1.82) is 0 Å². The van der Waals surface area contributed by atoms with Crippen LogP contribution >= 0.6 is 0 Å². The molecule has 0 unspecified atom stereocenters. The van der Waals surface area contributed by atoms with Crippen LogP contribution in [0.5, 0.6) is 0 Å². The number of ether oxygens (including phenoxy) is 1. The Kier molecular flexibility index (Phi) is 6.33. The number of carbonyl (C=O) groups is 2. The van der Waals surface area contributed by atoms with Crippen LogP contribution in [0.25, 0.3) is 21.9 Å². The molecule has 2 amide bonds. The molecule has 9 nitrogen and oxygen atoms in total. The molecule has 9 heteroatoms. The number of pyridine rings is 1. The van der Waals surface area contributed by atoms with Crippen LogP contribution in [0.15, 0.2) is 24.3 Å². The summed E-state index contributed by atoms with van der Waals surface area (Å²) in [6.45, 7) is 7.60. The highest BCUT2D eigenvalue weighted by Crippen LogP contribution is 2.31. The van der Waals surface area contributed by atoms with Gasteiger partial charge in [0.15, 0.2) is 5.82 Å². The predicted octanol–water partition coefficient (Wildman–Crippen LogP) is 1.97. The third-order valence-electron chi connectivity index (χ3n) is 4.40. The van der Waals surface area contributed by atoms with E-state index in [1.54, 1.807) is 13.8 Å². The molecule has 0 aliphatic rings. The van der Waals surface area contributed by atoms with E-state index in [2.05, 4.69) is 15.6 Å². The zero-order valence-corrected chi connectivity index (χ0v) is 17.7. The van der Waals surface area contributed by atoms with Gasteiger partial charge in [0, 0.05) is 18.9 Å². The molecule has 0 aliphatic heterocycles. The van der Waals surface area contributed by atoms with E-state index in [9.17, 15) is 14.7 Å². The number of nitrogens with one attached hydrogen (secondary N) is 2. The summed E-state index contributed by atoms with van der Waals surface area (Å²) in [5, 5.41) is 16.6. The lowest BCUT2D eigenvalue weighted by Crippen LogP contribution is -2.31. The number of amides is 2. The summed E-state index contributed by atoms with van der Waals surface area (Å²) in [5.41, 5.74) is 0.948. The molecule has 1 aromatic carbocycles. The number of hydrogen-bond donors (Lipinski definition) is 3. The largest absolute Gasteiger partial charge is 0.389 e. The Bertz CT molecular complexity index is 1080. The minimum absolute atomic E-state index is 0.165. The standard InChI is InChI=1S/C21H27N5O4/c1-5-30-11-16-24-18-19(26(16)12-21(3,4)29)14-8-6-7-9-15(14)23-20(18)25-17(28)10-22-13(2)27/h6-9,29H,5,10-12H2,1-4H3,(H,22,27)(H,23,25,28). The molecule has 0 bridgehead atoms. The van der Waals surface area contributed by atoms with Crippen molar-refractivity contribution in [3.63, 3.8) is 0 Å². The van der Waals surface area contributed by atoms with E-state index in [1.807, 2.05) is 35.8 Å². The summed E-state index contributed by atoms with van der Waals surface area (Å²) in [7, 11) is 0. The average Bonchev–Trinajstić information content (AvgIpc) is 3.02. The second-order valence-corrected chi connectivity index (χ2v) is 7.70. The number of nitrogens with zero attached hydrogens (tertiary/aromatic N) is 3. The maximum absolute atomic E-state index is 12.3. The highest BCUT2D eigenvalue weighted by atomic mass is 16.5. The van der Waals surface area contributed by atoms with E-state index in [0.717, 1.165) is 10.9 Å². The normalized spacial score (nSPS) is 11.8. The zero-order valence-electron chi connectivity index (χ0n) is 17.7. The first kappa shape index (κ1) is 21.7. The summed E-state index contributed by atoms with van der Waals surface area (Å²) in [5.74, 6) is 0.226. The first-order valence-electron chi connectivity index (χ1n) is 9.82. The van der Waals surface area contributed by atoms with Crippen LogP contribution in [0, 0.1) is 0 Å². The van der Waals surface area contributed by atoms with Gasteiger partial charge < -0.3 is 25.0 Å². The van der Waals surface area contributed by atoms with Gasteiger partial charge in [0.25, 0.3) is 0 Å². The van der Waals surface area contributed by atoms with Crippen molar-refractivity contribution in [3.8, 4) is 0 Å². The van der Waals surface area contributed by atoms with Crippen LogP contribution in [0.2, 0.25) is 0 Å². The van der Waals surface area contributed by atoms with Crippen LogP contribution in [0.4, 0.5) is 5.82 Å². The summed E-state index contributed by atoms with van der Waals surface area (Å²) >= 11 is 0. The van der Waals surface area contributed by atoms with Crippen LogP contribution in [0.1, 0.15) is 33.5 Å². The van der Waals surface area contributed by atoms with Crippen molar-refractivity contribution in [2.45, 2.75) is 46.4 Å². The van der Waals surface area contributed by atoms with Crippen molar-refractivity contribution < 1.29 is 19.4 Å². The Morgan fingerprint density at radius 2 is 1.97 bits per heavy atom. The fourth-order valence-electron chi connectivity index (χ4n) is 3.21. The van der Waals surface area contributed by atoms with E-state index in [4.69, 9.17) is 9.72 Å². The van der Waals surface area contributed by atoms with Crippen molar-refractivity contribution in [1.82, 2.24) is 19.9 Å². The minimum atomic E-state index is -0.992. The number of para-hydroxylation sites is 1. The van der Waals surface area contributed by atoms with E-state index >= 15 is 0 Å². The molecule has 2 aromatic heterocycles. The van der Waals surface area contributed by atoms with Gasteiger partial charge in [-0.3, -0.25) is 9.59 Å². The smallest absolute Gasteiger partial charge is 0.244 e. The maximum atomic E-state index is 12.3. The number of fused-ring (bicyclic) bond motifs is 3. The Morgan fingerprint density at radius 1 is 1.23 bits per heavy atom. The summed E-state index contributed by atoms with van der Waals surface area (Å²) < 4.78 is 7.50. The molecule has 0 aliphatic carbocycles. The topological polar surface area (TPSA) is 118 Å². The molecule has 2 heterocycles. The average molecular weight is 413 g/mol. The molecular weight excluding hydrogens is 386 g/mol. The zero-order chi connectivity index (χ0) is 21.9. The second kappa shape index (κ2) is 8.76. The Labute approximate surface area is 174 Å². The van der Waals surface area contributed by atoms with Gasteiger partial charge >= 0.3 is 0 Å². The SMILES string of the molecule is CCOCc1nc2c(NC(=O)CNC(C)=O)nc3ccccc3c2n1CC(C)(C)O. The number of benzene rings is 1. The molecule has 0 fully saturated rings. The number of rotatable bonds is 8. The maximum Gasteiger partial charge on any atom is 0.244 e. The lowest BCUT2D eigenvalue weighted by atomic mass is 10.1. The van der Waals surface area contributed by atoms with E-state index < -0.39 is 11.5 Å². The predicted molar refractivity (Wildman–Crippen MR) is 114 cm³/mol. The molecule has 0 atom stereocenters. The Morgan fingerprint density at radius 3 is 2.63 bits per heavy atom. The lowest BCUT2D eigenvalue weighted by molar-refractivity contribution is -0.122. The lowest BCUT2D eigenvalue weighted by Gasteiger charge is -2.20. The first-order valence-corrected chi connectivity index (χ1v) is 9.82. The number of imidazole rings is 1. The van der Waals surface area contributed by atoms with Crippen molar-refractivity contribution in [2.24, 2.45) is 0 Å². The summed E-state index contributed by atoms with van der Waals surface area (Å²) in [6, 6.07) is 7.55. The molecule has 0 radical (unpaired) electrons. The fraction of sp³-hybridized carbons (Fsp3) is 0.429. The molecule has 0 saturated heterocycles. The van der Waals surface area contributed by atoms with Gasteiger partial charge in [0.2, 0.25) is 11.8 Å². The molecule has 3 aromatic rings. The molecular formula is C21H27N5O4. The van der Waals surface area contributed by atoms with E-state index in [1.165, 1.54) is 6.92 Å². The van der Waals surface area contributed by atoms with Crippen molar-refractivity contribution >= 4 is 39.6 Å². The van der Waals surface area contributed by atoms with Gasteiger partial charge in [-0.05, 0) is 26.8 Å². The second-order valence-electron chi connectivity index (χ2n) is 7.70. The molecule has 3 rings (SSSR count).